The zero-order valence-electron chi connectivity index (χ0n) is 8.86. The first-order valence-electron chi connectivity index (χ1n) is 5.00. The van der Waals surface area contributed by atoms with Crippen LogP contribution in [0.25, 0.3) is 16.4 Å². The summed E-state index contributed by atoms with van der Waals surface area (Å²) in [4.78, 5) is 0. The number of fused-ring (bicyclic) bond motifs is 3. The zero-order valence-corrected chi connectivity index (χ0v) is 8.86. The van der Waals surface area contributed by atoms with E-state index >= 15 is 0 Å². The van der Waals surface area contributed by atoms with Crippen LogP contribution in [-0.4, -0.2) is 8.97 Å². The normalized spacial score (nSPS) is 11.6. The van der Waals surface area contributed by atoms with Crippen LogP contribution >= 0.6 is 0 Å². The van der Waals surface area contributed by atoms with Crippen LogP contribution in [0.1, 0.15) is 5.56 Å². The van der Waals surface area contributed by atoms with E-state index in [1.807, 2.05) is 19.2 Å². The molecule has 0 unspecified atom stereocenters. The van der Waals surface area contributed by atoms with Gasteiger partial charge in [0, 0.05) is 30.4 Å². The Morgan fingerprint density at radius 3 is 2.87 bits per heavy atom. The second kappa shape index (κ2) is 2.57. The standard InChI is InChI=1S/C12H13N3/c1-8-9-7-15-6-4-3-5-10(15)11(9)14(2)12(8)13/h3-7H,13H2,1-2H3. The Balaban J connectivity index is 2.65. The van der Waals surface area contributed by atoms with E-state index in [1.165, 1.54) is 16.4 Å². The van der Waals surface area contributed by atoms with Crippen LogP contribution in [0, 0.1) is 6.92 Å². The minimum atomic E-state index is 0.853. The van der Waals surface area contributed by atoms with Crippen LogP contribution in [0.2, 0.25) is 0 Å². The molecule has 3 aromatic rings. The molecule has 15 heavy (non-hydrogen) atoms. The molecule has 3 nitrogen and oxygen atoms in total. The van der Waals surface area contributed by atoms with Crippen molar-refractivity contribution in [3.8, 4) is 0 Å². The molecule has 0 aliphatic rings. The lowest BCUT2D eigenvalue weighted by Gasteiger charge is -2.00. The lowest BCUT2D eigenvalue weighted by atomic mass is 10.2. The molecule has 0 aromatic carbocycles. The minimum absolute atomic E-state index is 0.853. The van der Waals surface area contributed by atoms with E-state index in [-0.39, 0.29) is 0 Å². The van der Waals surface area contributed by atoms with E-state index in [2.05, 4.69) is 34.4 Å². The van der Waals surface area contributed by atoms with E-state index < -0.39 is 0 Å². The summed E-state index contributed by atoms with van der Waals surface area (Å²) in [5, 5.41) is 1.24. The maximum Gasteiger partial charge on any atom is 0.107 e. The highest BCUT2D eigenvalue weighted by atomic mass is 15.0. The Morgan fingerprint density at radius 2 is 2.07 bits per heavy atom. The van der Waals surface area contributed by atoms with Gasteiger partial charge in [0.1, 0.15) is 5.82 Å². The van der Waals surface area contributed by atoms with Crippen molar-refractivity contribution in [3.63, 3.8) is 0 Å². The van der Waals surface area contributed by atoms with E-state index in [0.717, 1.165) is 11.4 Å². The molecular weight excluding hydrogens is 186 g/mol. The lowest BCUT2D eigenvalue weighted by Crippen LogP contribution is -1.97. The first kappa shape index (κ1) is 8.41. The van der Waals surface area contributed by atoms with Crippen molar-refractivity contribution in [1.29, 1.82) is 0 Å². The molecule has 0 saturated carbocycles. The first-order chi connectivity index (χ1) is 7.20. The molecule has 0 bridgehead atoms. The van der Waals surface area contributed by atoms with E-state index in [4.69, 9.17) is 5.73 Å². The number of aryl methyl sites for hydroxylation is 2. The zero-order chi connectivity index (χ0) is 10.6. The van der Waals surface area contributed by atoms with Gasteiger partial charge >= 0.3 is 0 Å². The largest absolute Gasteiger partial charge is 0.385 e. The molecule has 0 fully saturated rings. The molecule has 3 heterocycles. The molecule has 0 amide bonds. The van der Waals surface area contributed by atoms with Crippen LogP contribution < -0.4 is 5.73 Å². The van der Waals surface area contributed by atoms with Gasteiger partial charge in [-0.1, -0.05) is 6.07 Å². The summed E-state index contributed by atoms with van der Waals surface area (Å²) >= 11 is 0. The number of anilines is 1. The third-order valence-corrected chi connectivity index (χ3v) is 3.14. The molecule has 3 heteroatoms. The van der Waals surface area contributed by atoms with Gasteiger partial charge in [-0.05, 0) is 19.1 Å². The van der Waals surface area contributed by atoms with Crippen LogP contribution in [-0.2, 0) is 7.05 Å². The first-order valence-corrected chi connectivity index (χ1v) is 5.00. The summed E-state index contributed by atoms with van der Waals surface area (Å²) in [6.45, 7) is 2.07. The van der Waals surface area contributed by atoms with Crippen molar-refractivity contribution in [2.24, 2.45) is 7.05 Å². The molecule has 0 aliphatic heterocycles. The maximum atomic E-state index is 6.00. The van der Waals surface area contributed by atoms with Gasteiger partial charge in [-0.3, -0.25) is 0 Å². The molecule has 0 atom stereocenters. The van der Waals surface area contributed by atoms with E-state index in [0.29, 0.717) is 0 Å². The number of nitrogens with zero attached hydrogens (tertiary/aromatic N) is 2. The molecule has 0 aliphatic carbocycles. The van der Waals surface area contributed by atoms with E-state index in [9.17, 15) is 0 Å². The highest BCUT2D eigenvalue weighted by molar-refractivity contribution is 6.00. The van der Waals surface area contributed by atoms with Crippen molar-refractivity contribution < 1.29 is 0 Å². The van der Waals surface area contributed by atoms with Gasteiger partial charge in [0.15, 0.2) is 0 Å². The molecule has 76 valence electrons. The van der Waals surface area contributed by atoms with Crippen molar-refractivity contribution in [1.82, 2.24) is 8.97 Å². The van der Waals surface area contributed by atoms with Crippen LogP contribution in [0.4, 0.5) is 5.82 Å². The summed E-state index contributed by atoms with van der Waals surface area (Å²) in [5.41, 5.74) is 9.58. The Bertz CT molecular complexity index is 658. The summed E-state index contributed by atoms with van der Waals surface area (Å²) in [6.07, 6.45) is 4.20. The van der Waals surface area contributed by atoms with Gasteiger partial charge in [0.2, 0.25) is 0 Å². The average Bonchev–Trinajstić information content (AvgIpc) is 2.72. The Hall–Kier alpha value is -1.90. The van der Waals surface area contributed by atoms with Gasteiger partial charge in [0.05, 0.1) is 11.0 Å². The topological polar surface area (TPSA) is 35.4 Å². The van der Waals surface area contributed by atoms with Crippen LogP contribution in [0.15, 0.2) is 30.6 Å². The van der Waals surface area contributed by atoms with Gasteiger partial charge in [-0.2, -0.15) is 0 Å². The van der Waals surface area contributed by atoms with Crippen molar-refractivity contribution in [2.75, 3.05) is 5.73 Å². The highest BCUT2D eigenvalue weighted by Gasteiger charge is 2.13. The predicted octanol–water partition coefficient (Wildman–Crippen LogP) is 2.32. The fraction of sp³-hybridized carbons (Fsp3) is 0.167. The predicted molar refractivity (Wildman–Crippen MR) is 63.0 cm³/mol. The fourth-order valence-corrected chi connectivity index (χ4v) is 2.24. The molecule has 3 aromatic heterocycles. The third kappa shape index (κ3) is 0.897. The van der Waals surface area contributed by atoms with Crippen LogP contribution in [0.5, 0.6) is 0 Å². The van der Waals surface area contributed by atoms with Gasteiger partial charge in [-0.15, -0.1) is 0 Å². The van der Waals surface area contributed by atoms with Gasteiger partial charge < -0.3 is 14.7 Å². The SMILES string of the molecule is Cc1c(N)n(C)c2c1cn1ccccc21. The number of pyridine rings is 1. The Kier molecular flexibility index (Phi) is 1.44. The van der Waals surface area contributed by atoms with E-state index in [1.54, 1.807) is 0 Å². The number of rotatable bonds is 0. The van der Waals surface area contributed by atoms with Crippen LogP contribution in [0.3, 0.4) is 0 Å². The van der Waals surface area contributed by atoms with Crippen molar-refractivity contribution in [3.05, 3.63) is 36.2 Å². The maximum absolute atomic E-state index is 6.00. The third-order valence-electron chi connectivity index (χ3n) is 3.14. The van der Waals surface area contributed by atoms with Crippen molar-refractivity contribution in [2.45, 2.75) is 6.92 Å². The number of hydrogen-bond donors (Lipinski definition) is 1. The summed E-state index contributed by atoms with van der Waals surface area (Å²) in [5.74, 6) is 0.853. The lowest BCUT2D eigenvalue weighted by molar-refractivity contribution is 0.979. The Morgan fingerprint density at radius 1 is 1.27 bits per heavy atom. The summed E-state index contributed by atoms with van der Waals surface area (Å²) in [7, 11) is 2.01. The molecule has 0 spiro atoms. The smallest absolute Gasteiger partial charge is 0.107 e. The second-order valence-corrected chi connectivity index (χ2v) is 3.95. The number of nitrogen functional groups attached to an aromatic ring is 1. The molecule has 2 N–H and O–H groups in total. The molecule has 3 rings (SSSR count). The Labute approximate surface area is 87.7 Å². The fourth-order valence-electron chi connectivity index (χ4n) is 2.24. The van der Waals surface area contributed by atoms with Gasteiger partial charge in [0.25, 0.3) is 0 Å². The molecular formula is C12H13N3. The van der Waals surface area contributed by atoms with Gasteiger partial charge in [-0.25, -0.2) is 0 Å². The quantitative estimate of drug-likeness (QED) is 0.592. The number of hydrogen-bond acceptors (Lipinski definition) is 1. The van der Waals surface area contributed by atoms with Crippen molar-refractivity contribution >= 4 is 22.2 Å². The highest BCUT2D eigenvalue weighted by Crippen LogP contribution is 2.30. The number of aromatic nitrogens is 2. The summed E-state index contributed by atoms with van der Waals surface area (Å²) in [6, 6.07) is 6.19. The monoisotopic (exact) mass is 199 g/mol. The minimum Gasteiger partial charge on any atom is -0.385 e. The average molecular weight is 199 g/mol. The molecule has 0 saturated heterocycles. The molecule has 0 radical (unpaired) electrons. The summed E-state index contributed by atoms with van der Waals surface area (Å²) < 4.78 is 4.19. The second-order valence-electron chi connectivity index (χ2n) is 3.95. The number of nitrogens with two attached hydrogens (primary N) is 1.